The molecule has 1 saturated heterocycles. The summed E-state index contributed by atoms with van der Waals surface area (Å²) in [7, 11) is 1.76. The first-order chi connectivity index (χ1) is 7.34. The van der Waals surface area contributed by atoms with E-state index in [1.54, 1.807) is 7.11 Å². The van der Waals surface area contributed by atoms with Crippen LogP contribution in [0, 0.1) is 0 Å². The number of hydrogen-bond acceptors (Lipinski definition) is 3. The maximum Gasteiger partial charge on any atom is 0.0474 e. The van der Waals surface area contributed by atoms with Crippen LogP contribution in [0.4, 0.5) is 0 Å². The number of methoxy groups -OCH3 is 1. The van der Waals surface area contributed by atoms with Gasteiger partial charge in [-0.1, -0.05) is 6.42 Å². The van der Waals surface area contributed by atoms with Crippen LogP contribution in [-0.2, 0) is 4.74 Å². The number of nitrogens with zero attached hydrogens (tertiary/aromatic N) is 1. The molecule has 0 aromatic rings. The summed E-state index contributed by atoms with van der Waals surface area (Å²) >= 11 is 0. The molecular weight excluding hydrogens is 188 g/mol. The van der Waals surface area contributed by atoms with Crippen LogP contribution >= 0.6 is 0 Å². The third-order valence-corrected chi connectivity index (χ3v) is 3.22. The summed E-state index contributed by atoms with van der Waals surface area (Å²) in [6.07, 6.45) is 5.29. The normalized spacial score (nSPS) is 23.2. The molecule has 1 rings (SSSR count). The van der Waals surface area contributed by atoms with E-state index in [0.717, 1.165) is 32.2 Å². The minimum atomic E-state index is 0.791. The van der Waals surface area contributed by atoms with Crippen LogP contribution in [0.5, 0.6) is 0 Å². The SMILES string of the molecule is COCCCNCCN1CCCCC1C. The van der Waals surface area contributed by atoms with E-state index in [1.165, 1.54) is 32.4 Å². The van der Waals surface area contributed by atoms with Crippen LogP contribution in [0.3, 0.4) is 0 Å². The number of ether oxygens (including phenoxy) is 1. The molecular formula is C12H26N2O. The van der Waals surface area contributed by atoms with Crippen LogP contribution in [-0.4, -0.2) is 50.8 Å². The van der Waals surface area contributed by atoms with Gasteiger partial charge in [-0.3, -0.25) is 4.90 Å². The summed E-state index contributed by atoms with van der Waals surface area (Å²) in [5.74, 6) is 0. The van der Waals surface area contributed by atoms with Crippen molar-refractivity contribution in [3.05, 3.63) is 0 Å². The standard InChI is InChI=1S/C12H26N2O/c1-12-6-3-4-9-14(12)10-8-13-7-5-11-15-2/h12-13H,3-11H2,1-2H3. The highest BCUT2D eigenvalue weighted by Gasteiger charge is 2.16. The molecule has 3 nitrogen and oxygen atoms in total. The fourth-order valence-corrected chi connectivity index (χ4v) is 2.18. The third-order valence-electron chi connectivity index (χ3n) is 3.22. The quantitative estimate of drug-likeness (QED) is 0.650. The molecule has 1 aliphatic rings. The maximum absolute atomic E-state index is 5.01. The van der Waals surface area contributed by atoms with Crippen LogP contribution in [0.15, 0.2) is 0 Å². The predicted octanol–water partition coefficient (Wildman–Crippen LogP) is 1.49. The molecule has 0 radical (unpaired) electrons. The smallest absolute Gasteiger partial charge is 0.0474 e. The van der Waals surface area contributed by atoms with Gasteiger partial charge in [0, 0.05) is 32.8 Å². The lowest BCUT2D eigenvalue weighted by Gasteiger charge is -2.33. The van der Waals surface area contributed by atoms with E-state index in [0.29, 0.717) is 0 Å². The maximum atomic E-state index is 5.01. The first kappa shape index (κ1) is 12.9. The fourth-order valence-electron chi connectivity index (χ4n) is 2.18. The van der Waals surface area contributed by atoms with Crippen molar-refractivity contribution in [1.29, 1.82) is 0 Å². The Kier molecular flexibility index (Phi) is 6.98. The summed E-state index contributed by atoms with van der Waals surface area (Å²) in [5, 5.41) is 3.47. The van der Waals surface area contributed by atoms with Crippen molar-refractivity contribution >= 4 is 0 Å². The van der Waals surface area contributed by atoms with Gasteiger partial charge in [-0.25, -0.2) is 0 Å². The largest absolute Gasteiger partial charge is 0.385 e. The van der Waals surface area contributed by atoms with Crippen molar-refractivity contribution < 1.29 is 4.74 Å². The lowest BCUT2D eigenvalue weighted by Crippen LogP contribution is -2.41. The molecule has 1 atom stereocenters. The molecule has 0 aliphatic carbocycles. The lowest BCUT2D eigenvalue weighted by molar-refractivity contribution is 0.160. The minimum absolute atomic E-state index is 0.791. The first-order valence-corrected chi connectivity index (χ1v) is 6.28. The van der Waals surface area contributed by atoms with Gasteiger partial charge in [0.15, 0.2) is 0 Å². The molecule has 1 fully saturated rings. The summed E-state index contributed by atoms with van der Waals surface area (Å²) in [6, 6.07) is 0.791. The van der Waals surface area contributed by atoms with Crippen molar-refractivity contribution in [2.24, 2.45) is 0 Å². The summed E-state index contributed by atoms with van der Waals surface area (Å²) in [5.41, 5.74) is 0. The Morgan fingerprint density at radius 2 is 2.20 bits per heavy atom. The van der Waals surface area contributed by atoms with Crippen LogP contribution in [0.1, 0.15) is 32.6 Å². The second-order valence-electron chi connectivity index (χ2n) is 4.48. The lowest BCUT2D eigenvalue weighted by atomic mass is 10.0. The fraction of sp³-hybridized carbons (Fsp3) is 1.00. The molecule has 0 saturated carbocycles. The van der Waals surface area contributed by atoms with E-state index >= 15 is 0 Å². The minimum Gasteiger partial charge on any atom is -0.385 e. The van der Waals surface area contributed by atoms with Crippen molar-refractivity contribution in [3.63, 3.8) is 0 Å². The van der Waals surface area contributed by atoms with E-state index in [4.69, 9.17) is 4.74 Å². The van der Waals surface area contributed by atoms with E-state index in [2.05, 4.69) is 17.1 Å². The van der Waals surface area contributed by atoms with E-state index in [-0.39, 0.29) is 0 Å². The Hall–Kier alpha value is -0.120. The average molecular weight is 214 g/mol. The second-order valence-corrected chi connectivity index (χ2v) is 4.48. The van der Waals surface area contributed by atoms with Crippen molar-refractivity contribution in [3.8, 4) is 0 Å². The highest BCUT2D eigenvalue weighted by atomic mass is 16.5. The topological polar surface area (TPSA) is 24.5 Å². The highest BCUT2D eigenvalue weighted by molar-refractivity contribution is 4.73. The molecule has 3 heteroatoms. The van der Waals surface area contributed by atoms with Gasteiger partial charge < -0.3 is 10.1 Å². The van der Waals surface area contributed by atoms with Gasteiger partial charge in [0.05, 0.1) is 0 Å². The number of rotatable bonds is 7. The number of likely N-dealkylation sites (tertiary alicyclic amines) is 1. The Labute approximate surface area is 94.2 Å². The molecule has 0 aromatic carbocycles. The van der Waals surface area contributed by atoms with E-state index in [1.807, 2.05) is 0 Å². The molecule has 0 amide bonds. The monoisotopic (exact) mass is 214 g/mol. The molecule has 0 bridgehead atoms. The number of nitrogens with one attached hydrogen (secondary N) is 1. The van der Waals surface area contributed by atoms with E-state index < -0.39 is 0 Å². The van der Waals surface area contributed by atoms with Gasteiger partial charge in [0.2, 0.25) is 0 Å². The van der Waals surface area contributed by atoms with Gasteiger partial charge in [-0.15, -0.1) is 0 Å². The molecule has 1 unspecified atom stereocenters. The Bertz CT molecular complexity index is 153. The van der Waals surface area contributed by atoms with Crippen LogP contribution in [0.25, 0.3) is 0 Å². The number of piperidine rings is 1. The molecule has 15 heavy (non-hydrogen) atoms. The van der Waals surface area contributed by atoms with Gasteiger partial charge in [-0.05, 0) is 39.3 Å². The summed E-state index contributed by atoms with van der Waals surface area (Å²) in [6.45, 7) is 7.91. The van der Waals surface area contributed by atoms with E-state index in [9.17, 15) is 0 Å². The molecule has 0 aromatic heterocycles. The summed E-state index contributed by atoms with van der Waals surface area (Å²) in [4.78, 5) is 2.60. The first-order valence-electron chi connectivity index (χ1n) is 6.28. The van der Waals surface area contributed by atoms with Crippen molar-refractivity contribution in [2.75, 3.05) is 39.9 Å². The Balaban J connectivity index is 1.94. The molecule has 1 heterocycles. The Morgan fingerprint density at radius 1 is 1.33 bits per heavy atom. The van der Waals surface area contributed by atoms with Gasteiger partial charge in [-0.2, -0.15) is 0 Å². The highest BCUT2D eigenvalue weighted by Crippen LogP contribution is 2.15. The van der Waals surface area contributed by atoms with Crippen LogP contribution in [0.2, 0.25) is 0 Å². The van der Waals surface area contributed by atoms with Crippen molar-refractivity contribution in [2.45, 2.75) is 38.6 Å². The zero-order chi connectivity index (χ0) is 10.9. The Morgan fingerprint density at radius 3 is 2.93 bits per heavy atom. The molecule has 1 N–H and O–H groups in total. The molecule has 0 spiro atoms. The summed E-state index contributed by atoms with van der Waals surface area (Å²) < 4.78 is 5.01. The molecule has 90 valence electrons. The average Bonchev–Trinajstić information content (AvgIpc) is 2.25. The predicted molar refractivity (Wildman–Crippen MR) is 64.2 cm³/mol. The zero-order valence-corrected chi connectivity index (χ0v) is 10.3. The number of hydrogen-bond donors (Lipinski definition) is 1. The van der Waals surface area contributed by atoms with Gasteiger partial charge >= 0.3 is 0 Å². The molecule has 1 aliphatic heterocycles. The van der Waals surface area contributed by atoms with Crippen molar-refractivity contribution in [1.82, 2.24) is 10.2 Å². The second kappa shape index (κ2) is 8.08. The van der Waals surface area contributed by atoms with Gasteiger partial charge in [0.25, 0.3) is 0 Å². The van der Waals surface area contributed by atoms with Crippen LogP contribution < -0.4 is 5.32 Å². The zero-order valence-electron chi connectivity index (χ0n) is 10.3. The third kappa shape index (κ3) is 5.50. The van der Waals surface area contributed by atoms with Gasteiger partial charge in [0.1, 0.15) is 0 Å².